The van der Waals surface area contributed by atoms with Crippen molar-refractivity contribution in [2.24, 2.45) is 0 Å². The second-order valence-electron chi connectivity index (χ2n) is 9.45. The van der Waals surface area contributed by atoms with Gasteiger partial charge in [-0.05, 0) is 66.4 Å². The largest absolute Gasteiger partial charge is 0.494 e. The Kier molecular flexibility index (Phi) is 12.4. The van der Waals surface area contributed by atoms with E-state index in [-0.39, 0.29) is 0 Å². The van der Waals surface area contributed by atoms with E-state index < -0.39 is 0 Å². The summed E-state index contributed by atoms with van der Waals surface area (Å²) in [4.78, 5) is 0. The van der Waals surface area contributed by atoms with Crippen LogP contribution >= 0.6 is 0 Å². The van der Waals surface area contributed by atoms with Gasteiger partial charge in [0.15, 0.2) is 0 Å². The van der Waals surface area contributed by atoms with Crippen molar-refractivity contribution in [3.63, 3.8) is 0 Å². The fraction of sp³-hybridized carbons (Fsp3) is 0.343. The topological polar surface area (TPSA) is 42.2 Å². The van der Waals surface area contributed by atoms with Crippen LogP contribution in [0.4, 0.5) is 0 Å². The van der Waals surface area contributed by atoms with Gasteiger partial charge in [0, 0.05) is 5.56 Å². The van der Waals surface area contributed by atoms with Crippen molar-refractivity contribution >= 4 is 0 Å². The summed E-state index contributed by atoms with van der Waals surface area (Å²) in [6.07, 6.45) is 23.2. The number of hydrogen-bond acceptors (Lipinski definition) is 3. The first kappa shape index (κ1) is 28.4. The number of nitrogens with zero attached hydrogens (tertiary/aromatic N) is 1. The van der Waals surface area contributed by atoms with E-state index in [1.807, 2.05) is 54.6 Å². The molecule has 0 N–H and O–H groups in total. The fourth-order valence-electron chi connectivity index (χ4n) is 4.33. The van der Waals surface area contributed by atoms with Gasteiger partial charge in [0.25, 0.3) is 0 Å². The minimum Gasteiger partial charge on any atom is -0.494 e. The molecule has 0 aromatic heterocycles. The summed E-state index contributed by atoms with van der Waals surface area (Å²) >= 11 is 0. The maximum atomic E-state index is 8.93. The Balaban J connectivity index is 1.14. The molecule has 0 aliphatic heterocycles. The first-order valence-corrected chi connectivity index (χ1v) is 13.7. The highest BCUT2D eigenvalue weighted by molar-refractivity contribution is 5.65. The zero-order valence-electron chi connectivity index (χ0n) is 22.3. The Bertz CT molecular complexity index is 1240. The van der Waals surface area contributed by atoms with Crippen LogP contribution in [0.25, 0.3) is 11.1 Å². The van der Waals surface area contributed by atoms with Crippen LogP contribution in [0.3, 0.4) is 0 Å². The molecule has 0 saturated carbocycles. The van der Waals surface area contributed by atoms with Gasteiger partial charge >= 0.3 is 0 Å². The van der Waals surface area contributed by atoms with Crippen LogP contribution in [-0.4, -0.2) is 13.2 Å². The molecule has 3 rings (SSSR count). The molecule has 3 aromatic rings. The van der Waals surface area contributed by atoms with E-state index in [0.29, 0.717) is 12.2 Å². The van der Waals surface area contributed by atoms with Crippen LogP contribution in [0.15, 0.2) is 66.7 Å². The van der Waals surface area contributed by atoms with Crippen LogP contribution in [0.2, 0.25) is 0 Å². The normalized spacial score (nSPS) is 10.2. The average Bonchev–Trinajstić information content (AvgIpc) is 2.97. The summed E-state index contributed by atoms with van der Waals surface area (Å²) in [5.41, 5.74) is 4.41. The Labute approximate surface area is 228 Å². The van der Waals surface area contributed by atoms with Crippen LogP contribution < -0.4 is 9.47 Å². The third-order valence-corrected chi connectivity index (χ3v) is 6.57. The monoisotopic (exact) mass is 503 g/mol. The summed E-state index contributed by atoms with van der Waals surface area (Å²) in [6, 6.07) is 23.5. The first-order valence-electron chi connectivity index (χ1n) is 13.7. The molecule has 194 valence electrons. The number of unbranched alkanes of at least 4 members (excludes halogenated alkanes) is 9. The van der Waals surface area contributed by atoms with Crippen molar-refractivity contribution in [1.82, 2.24) is 0 Å². The van der Waals surface area contributed by atoms with Gasteiger partial charge in [0.1, 0.15) is 11.5 Å². The summed E-state index contributed by atoms with van der Waals surface area (Å²) < 4.78 is 11.8. The summed E-state index contributed by atoms with van der Waals surface area (Å²) in [7, 11) is 0. The van der Waals surface area contributed by atoms with Gasteiger partial charge in [0.2, 0.25) is 0 Å². The summed E-state index contributed by atoms with van der Waals surface area (Å²) in [5.74, 6) is 6.90. The van der Waals surface area contributed by atoms with Crippen molar-refractivity contribution in [3.05, 3.63) is 83.4 Å². The van der Waals surface area contributed by atoms with Crippen molar-refractivity contribution in [2.45, 2.75) is 64.2 Å². The van der Waals surface area contributed by atoms with Crippen molar-refractivity contribution < 1.29 is 9.47 Å². The van der Waals surface area contributed by atoms with Gasteiger partial charge in [-0.2, -0.15) is 5.26 Å². The predicted octanol–water partition coefficient (Wildman–Crippen LogP) is 8.55. The van der Waals surface area contributed by atoms with Crippen LogP contribution in [0.1, 0.15) is 80.9 Å². The quantitative estimate of drug-likeness (QED) is 0.145. The van der Waals surface area contributed by atoms with E-state index in [1.165, 1.54) is 51.4 Å². The van der Waals surface area contributed by atoms with E-state index in [2.05, 4.69) is 30.0 Å². The second kappa shape index (κ2) is 16.6. The average molecular weight is 504 g/mol. The van der Waals surface area contributed by atoms with E-state index in [0.717, 1.165) is 53.2 Å². The van der Waals surface area contributed by atoms with Gasteiger partial charge in [-0.15, -0.1) is 12.8 Å². The van der Waals surface area contributed by atoms with Crippen LogP contribution in [-0.2, 0) is 0 Å². The maximum absolute atomic E-state index is 8.93. The molecule has 0 radical (unpaired) electrons. The molecule has 3 heteroatoms. The molecule has 38 heavy (non-hydrogen) atoms. The molecule has 0 unspecified atom stereocenters. The zero-order valence-corrected chi connectivity index (χ0v) is 22.3. The number of hydrogen-bond donors (Lipinski definition) is 0. The van der Waals surface area contributed by atoms with Crippen LogP contribution in [0.5, 0.6) is 11.5 Å². The standard InChI is InChI=1S/C35H37NO2/c1-3-29-17-24-35(31(4-2)27-29)38-26-14-12-10-8-6-5-7-9-11-13-25-37-34-22-20-33(21-23-34)32-18-15-30(28-36)16-19-32/h1-2,15-24,27H,5-14,25-26H2. The molecule has 0 heterocycles. The smallest absolute Gasteiger partial charge is 0.134 e. The highest BCUT2D eigenvalue weighted by atomic mass is 16.5. The van der Waals surface area contributed by atoms with Gasteiger partial charge in [-0.1, -0.05) is 87.5 Å². The third kappa shape index (κ3) is 9.73. The van der Waals surface area contributed by atoms with Gasteiger partial charge < -0.3 is 9.47 Å². The first-order chi connectivity index (χ1) is 18.7. The predicted molar refractivity (Wildman–Crippen MR) is 156 cm³/mol. The molecule has 0 fully saturated rings. The van der Waals surface area contributed by atoms with E-state index in [4.69, 9.17) is 27.6 Å². The molecule has 0 atom stereocenters. The Morgan fingerprint density at radius 1 is 0.553 bits per heavy atom. The lowest BCUT2D eigenvalue weighted by molar-refractivity contribution is 0.302. The van der Waals surface area contributed by atoms with E-state index in [9.17, 15) is 0 Å². The molecule has 0 bridgehead atoms. The fourth-order valence-corrected chi connectivity index (χ4v) is 4.33. The van der Waals surface area contributed by atoms with E-state index in [1.54, 1.807) is 0 Å². The lowest BCUT2D eigenvalue weighted by Gasteiger charge is -2.09. The molecule has 3 aromatic carbocycles. The molecule has 0 amide bonds. The van der Waals surface area contributed by atoms with Crippen molar-refractivity contribution in [3.8, 4) is 53.4 Å². The maximum Gasteiger partial charge on any atom is 0.134 e. The third-order valence-electron chi connectivity index (χ3n) is 6.57. The summed E-state index contributed by atoms with van der Waals surface area (Å²) in [5, 5.41) is 8.93. The number of ether oxygens (including phenoxy) is 2. The van der Waals surface area contributed by atoms with Gasteiger partial charge in [0.05, 0.1) is 30.4 Å². The number of terminal acetylenes is 2. The van der Waals surface area contributed by atoms with E-state index >= 15 is 0 Å². The lowest BCUT2D eigenvalue weighted by Crippen LogP contribution is -1.99. The number of benzene rings is 3. The molecular weight excluding hydrogens is 466 g/mol. The Morgan fingerprint density at radius 2 is 1.05 bits per heavy atom. The number of rotatable bonds is 16. The highest BCUT2D eigenvalue weighted by Gasteiger charge is 2.03. The van der Waals surface area contributed by atoms with Crippen molar-refractivity contribution in [2.75, 3.05) is 13.2 Å². The molecule has 0 saturated heterocycles. The molecule has 0 aliphatic carbocycles. The second-order valence-corrected chi connectivity index (χ2v) is 9.45. The Hall–Kier alpha value is -4.13. The highest BCUT2D eigenvalue weighted by Crippen LogP contribution is 2.23. The van der Waals surface area contributed by atoms with Crippen molar-refractivity contribution in [1.29, 1.82) is 5.26 Å². The SMILES string of the molecule is C#Cc1ccc(OCCCCCCCCCCCCOc2ccc(-c3ccc(C#N)cc3)cc2)c(C#C)c1. The van der Waals surface area contributed by atoms with Gasteiger partial charge in [-0.3, -0.25) is 0 Å². The molecule has 3 nitrogen and oxygen atoms in total. The molecule has 0 spiro atoms. The minimum absolute atomic E-state index is 0.677. The number of nitriles is 1. The lowest BCUT2D eigenvalue weighted by atomic mass is 10.0. The Morgan fingerprint density at radius 3 is 1.58 bits per heavy atom. The molecular formula is C35H37NO2. The van der Waals surface area contributed by atoms with Gasteiger partial charge in [-0.25, -0.2) is 0 Å². The van der Waals surface area contributed by atoms with Crippen LogP contribution in [0, 0.1) is 36.0 Å². The zero-order chi connectivity index (χ0) is 26.8. The minimum atomic E-state index is 0.677. The summed E-state index contributed by atoms with van der Waals surface area (Å²) in [6.45, 7) is 1.45. The molecule has 0 aliphatic rings.